The Morgan fingerprint density at radius 1 is 1.47 bits per heavy atom. The molecule has 2 rings (SSSR count). The van der Waals surface area contributed by atoms with Crippen molar-refractivity contribution >= 4 is 0 Å². The fourth-order valence-corrected chi connectivity index (χ4v) is 1.52. The number of pyridine rings is 1. The smallest absolute Gasteiger partial charge is 0.252 e. The van der Waals surface area contributed by atoms with Gasteiger partial charge in [-0.2, -0.15) is 4.98 Å². The van der Waals surface area contributed by atoms with Crippen LogP contribution in [0.15, 0.2) is 28.9 Å². The third-order valence-corrected chi connectivity index (χ3v) is 2.28. The van der Waals surface area contributed by atoms with Crippen molar-refractivity contribution in [2.24, 2.45) is 0 Å². The lowest BCUT2D eigenvalue weighted by atomic mass is 10.2. The second kappa shape index (κ2) is 5.51. The molecule has 0 saturated carbocycles. The molecule has 2 aromatic rings. The summed E-state index contributed by atoms with van der Waals surface area (Å²) in [6, 6.07) is 5.52. The van der Waals surface area contributed by atoms with E-state index in [0.29, 0.717) is 18.3 Å². The summed E-state index contributed by atoms with van der Waals surface area (Å²) < 4.78 is 9.98. The van der Waals surface area contributed by atoms with Gasteiger partial charge in [0, 0.05) is 13.3 Å². The summed E-state index contributed by atoms with van der Waals surface area (Å²) >= 11 is 0. The molecule has 0 amide bonds. The zero-order chi connectivity index (χ0) is 12.1. The summed E-state index contributed by atoms with van der Waals surface area (Å²) in [4.78, 5) is 8.51. The predicted molar refractivity (Wildman–Crippen MR) is 60.2 cm³/mol. The molecule has 0 aromatic carbocycles. The van der Waals surface area contributed by atoms with Crippen LogP contribution in [0.1, 0.15) is 23.5 Å². The summed E-state index contributed by atoms with van der Waals surface area (Å²) in [5.41, 5.74) is 0.847. The van der Waals surface area contributed by atoms with Gasteiger partial charge < -0.3 is 14.6 Å². The van der Waals surface area contributed by atoms with Crippen LogP contribution >= 0.6 is 0 Å². The van der Waals surface area contributed by atoms with Gasteiger partial charge in [0.15, 0.2) is 5.82 Å². The first kappa shape index (κ1) is 11.7. The maximum Gasteiger partial charge on any atom is 0.252 e. The van der Waals surface area contributed by atoms with E-state index in [1.807, 2.05) is 25.2 Å². The van der Waals surface area contributed by atoms with Crippen LogP contribution in [0.25, 0.3) is 0 Å². The zero-order valence-corrected chi connectivity index (χ0v) is 9.75. The molecule has 2 aromatic heterocycles. The number of ether oxygens (including phenoxy) is 1. The van der Waals surface area contributed by atoms with Crippen LogP contribution in [-0.4, -0.2) is 29.3 Å². The summed E-state index contributed by atoms with van der Waals surface area (Å²) in [6.45, 7) is 0.311. The highest BCUT2D eigenvalue weighted by molar-refractivity contribution is 5.16. The highest BCUT2D eigenvalue weighted by atomic mass is 16.5. The fourth-order valence-electron chi connectivity index (χ4n) is 1.52. The van der Waals surface area contributed by atoms with E-state index in [-0.39, 0.29) is 6.04 Å². The van der Waals surface area contributed by atoms with Crippen molar-refractivity contribution in [2.45, 2.75) is 12.6 Å². The molecule has 1 atom stereocenters. The van der Waals surface area contributed by atoms with Gasteiger partial charge in [0.2, 0.25) is 0 Å². The Balaban J connectivity index is 2.23. The first-order valence-corrected chi connectivity index (χ1v) is 5.24. The SMILES string of the molecule is CN[C@@H](c1ccccn1)c1noc(COC)n1. The van der Waals surface area contributed by atoms with Gasteiger partial charge in [-0.25, -0.2) is 0 Å². The van der Waals surface area contributed by atoms with Crippen LogP contribution in [0.2, 0.25) is 0 Å². The Morgan fingerprint density at radius 2 is 2.35 bits per heavy atom. The standard InChI is InChI=1S/C11H14N4O2/c1-12-10(8-5-3-4-6-13-8)11-14-9(7-16-2)17-15-11/h3-6,10,12H,7H2,1-2H3/t10-/m0/s1. The molecule has 0 fully saturated rings. The molecule has 1 N–H and O–H groups in total. The lowest BCUT2D eigenvalue weighted by molar-refractivity contribution is 0.151. The third kappa shape index (κ3) is 2.66. The largest absolute Gasteiger partial charge is 0.375 e. The van der Waals surface area contributed by atoms with Crippen LogP contribution < -0.4 is 5.32 Å². The normalized spacial score (nSPS) is 12.6. The number of aromatic nitrogens is 3. The molecule has 0 aliphatic rings. The highest BCUT2D eigenvalue weighted by Crippen LogP contribution is 2.16. The highest BCUT2D eigenvalue weighted by Gasteiger charge is 2.19. The molecule has 2 heterocycles. The van der Waals surface area contributed by atoms with Gasteiger partial charge in [-0.3, -0.25) is 4.98 Å². The topological polar surface area (TPSA) is 73.1 Å². The van der Waals surface area contributed by atoms with Gasteiger partial charge in [0.25, 0.3) is 5.89 Å². The first-order valence-electron chi connectivity index (χ1n) is 5.24. The van der Waals surface area contributed by atoms with Gasteiger partial charge in [0.05, 0.1) is 5.69 Å². The van der Waals surface area contributed by atoms with E-state index in [1.165, 1.54) is 0 Å². The van der Waals surface area contributed by atoms with Gasteiger partial charge in [-0.1, -0.05) is 11.2 Å². The van der Waals surface area contributed by atoms with Gasteiger partial charge >= 0.3 is 0 Å². The van der Waals surface area contributed by atoms with Crippen molar-refractivity contribution in [2.75, 3.05) is 14.2 Å². The monoisotopic (exact) mass is 234 g/mol. The van der Waals surface area contributed by atoms with E-state index in [0.717, 1.165) is 5.69 Å². The number of methoxy groups -OCH3 is 1. The number of nitrogens with zero attached hydrogens (tertiary/aromatic N) is 3. The lowest BCUT2D eigenvalue weighted by Crippen LogP contribution is -2.20. The minimum absolute atomic E-state index is 0.175. The Labute approximate surface area is 99.0 Å². The van der Waals surface area contributed by atoms with E-state index >= 15 is 0 Å². The van der Waals surface area contributed by atoms with Crippen LogP contribution in [0, 0.1) is 0 Å². The summed E-state index contributed by atoms with van der Waals surface area (Å²) in [5.74, 6) is 1.01. The second-order valence-corrected chi connectivity index (χ2v) is 3.46. The van der Waals surface area contributed by atoms with Gasteiger partial charge in [0.1, 0.15) is 12.6 Å². The Bertz CT molecular complexity index is 458. The average Bonchev–Trinajstić information content (AvgIpc) is 2.81. The van der Waals surface area contributed by atoms with E-state index in [4.69, 9.17) is 9.26 Å². The van der Waals surface area contributed by atoms with E-state index in [2.05, 4.69) is 20.4 Å². The minimum atomic E-state index is -0.175. The molecule has 0 bridgehead atoms. The van der Waals surface area contributed by atoms with E-state index in [1.54, 1.807) is 13.3 Å². The quantitative estimate of drug-likeness (QED) is 0.829. The zero-order valence-electron chi connectivity index (χ0n) is 9.75. The predicted octanol–water partition coefficient (Wildman–Crippen LogP) is 0.920. The molecular weight excluding hydrogens is 220 g/mol. The summed E-state index contributed by atoms with van der Waals surface area (Å²) in [5, 5.41) is 7.02. The minimum Gasteiger partial charge on any atom is -0.375 e. The molecular formula is C11H14N4O2. The van der Waals surface area contributed by atoms with E-state index < -0.39 is 0 Å². The Morgan fingerprint density at radius 3 is 3.00 bits per heavy atom. The lowest BCUT2D eigenvalue weighted by Gasteiger charge is -2.10. The fraction of sp³-hybridized carbons (Fsp3) is 0.364. The number of hydrogen-bond donors (Lipinski definition) is 1. The van der Waals surface area contributed by atoms with Crippen LogP contribution in [0.3, 0.4) is 0 Å². The number of rotatable bonds is 5. The molecule has 0 saturated heterocycles. The molecule has 0 aliphatic carbocycles. The van der Waals surface area contributed by atoms with Crippen LogP contribution in [-0.2, 0) is 11.3 Å². The third-order valence-electron chi connectivity index (χ3n) is 2.28. The summed E-state index contributed by atoms with van der Waals surface area (Å²) in [7, 11) is 3.41. The molecule has 0 radical (unpaired) electrons. The van der Waals surface area contributed by atoms with Gasteiger partial charge in [-0.15, -0.1) is 0 Å². The van der Waals surface area contributed by atoms with Gasteiger partial charge in [-0.05, 0) is 19.2 Å². The van der Waals surface area contributed by atoms with Crippen molar-refractivity contribution in [3.8, 4) is 0 Å². The van der Waals surface area contributed by atoms with Crippen molar-refractivity contribution in [3.05, 3.63) is 41.8 Å². The molecule has 0 spiro atoms. The Kier molecular flexibility index (Phi) is 3.79. The molecule has 0 unspecified atom stereocenters. The Hall–Kier alpha value is -1.79. The van der Waals surface area contributed by atoms with Crippen molar-refractivity contribution in [3.63, 3.8) is 0 Å². The van der Waals surface area contributed by atoms with Crippen molar-refractivity contribution in [1.82, 2.24) is 20.4 Å². The van der Waals surface area contributed by atoms with Crippen LogP contribution in [0.4, 0.5) is 0 Å². The van der Waals surface area contributed by atoms with E-state index in [9.17, 15) is 0 Å². The second-order valence-electron chi connectivity index (χ2n) is 3.46. The molecule has 0 aliphatic heterocycles. The van der Waals surface area contributed by atoms with Crippen molar-refractivity contribution in [1.29, 1.82) is 0 Å². The summed E-state index contributed by atoms with van der Waals surface area (Å²) in [6.07, 6.45) is 1.73. The maximum atomic E-state index is 5.06. The maximum absolute atomic E-state index is 5.06. The first-order chi connectivity index (χ1) is 8.35. The van der Waals surface area contributed by atoms with Crippen LogP contribution in [0.5, 0.6) is 0 Å². The molecule has 90 valence electrons. The molecule has 17 heavy (non-hydrogen) atoms. The molecule has 6 nitrogen and oxygen atoms in total. The van der Waals surface area contributed by atoms with Crippen molar-refractivity contribution < 1.29 is 9.26 Å². The number of hydrogen-bond acceptors (Lipinski definition) is 6. The number of nitrogens with one attached hydrogen (secondary N) is 1. The average molecular weight is 234 g/mol. The molecule has 6 heteroatoms.